The number of benzene rings is 2. The molecule has 0 aliphatic heterocycles. The summed E-state index contributed by atoms with van der Waals surface area (Å²) in [5.74, 6) is 0.365. The standard InChI is InChI=1S/C22H18N6O3S/c1-15(21(29)24-17-9-11-19(12-10-17)28(30)31)32-22-26-25-20(16-6-5-13-23-14-16)27(22)18-7-3-2-4-8-18/h2-15H,1H3,(H,24,29)/t15-/m0/s1. The molecule has 1 atom stereocenters. The Labute approximate surface area is 187 Å². The molecule has 10 heteroatoms. The summed E-state index contributed by atoms with van der Waals surface area (Å²) in [6, 6.07) is 19.1. The molecule has 0 saturated carbocycles. The molecule has 0 unspecified atom stereocenters. The van der Waals surface area contributed by atoms with E-state index < -0.39 is 10.2 Å². The minimum atomic E-state index is -0.501. The van der Waals surface area contributed by atoms with Crippen molar-refractivity contribution in [3.8, 4) is 17.1 Å². The normalized spacial score (nSPS) is 11.7. The van der Waals surface area contributed by atoms with Gasteiger partial charge in [0.15, 0.2) is 11.0 Å². The molecule has 0 bridgehead atoms. The van der Waals surface area contributed by atoms with E-state index in [1.54, 1.807) is 19.3 Å². The van der Waals surface area contributed by atoms with Crippen LogP contribution in [-0.4, -0.2) is 35.8 Å². The Bertz CT molecular complexity index is 1230. The molecule has 1 N–H and O–H groups in total. The number of nitrogens with zero attached hydrogens (tertiary/aromatic N) is 5. The monoisotopic (exact) mass is 446 g/mol. The van der Waals surface area contributed by atoms with Crippen LogP contribution in [0.15, 0.2) is 84.3 Å². The number of anilines is 1. The average molecular weight is 446 g/mol. The van der Waals surface area contributed by atoms with Crippen molar-refractivity contribution in [3.05, 3.63) is 89.2 Å². The number of carbonyl (C=O) groups excluding carboxylic acids is 1. The van der Waals surface area contributed by atoms with Gasteiger partial charge in [-0.1, -0.05) is 30.0 Å². The van der Waals surface area contributed by atoms with Crippen LogP contribution in [0.1, 0.15) is 6.92 Å². The van der Waals surface area contributed by atoms with Crippen molar-refractivity contribution >= 4 is 29.0 Å². The Morgan fingerprint density at radius 3 is 2.47 bits per heavy atom. The predicted molar refractivity (Wildman–Crippen MR) is 122 cm³/mol. The van der Waals surface area contributed by atoms with E-state index in [0.29, 0.717) is 16.7 Å². The van der Waals surface area contributed by atoms with Crippen molar-refractivity contribution in [2.24, 2.45) is 0 Å². The highest BCUT2D eigenvalue weighted by Gasteiger charge is 2.22. The summed E-state index contributed by atoms with van der Waals surface area (Å²) in [6.45, 7) is 1.76. The van der Waals surface area contributed by atoms with Gasteiger partial charge in [-0.15, -0.1) is 10.2 Å². The second kappa shape index (κ2) is 9.40. The van der Waals surface area contributed by atoms with Crippen LogP contribution in [0.3, 0.4) is 0 Å². The van der Waals surface area contributed by atoms with E-state index in [-0.39, 0.29) is 11.6 Å². The topological polar surface area (TPSA) is 116 Å². The van der Waals surface area contributed by atoms with Gasteiger partial charge in [0, 0.05) is 41.5 Å². The maximum absolute atomic E-state index is 12.7. The van der Waals surface area contributed by atoms with Crippen LogP contribution in [0.4, 0.5) is 11.4 Å². The Morgan fingerprint density at radius 1 is 1.06 bits per heavy atom. The molecular weight excluding hydrogens is 428 g/mol. The average Bonchev–Trinajstić information content (AvgIpc) is 3.24. The van der Waals surface area contributed by atoms with Crippen LogP contribution in [-0.2, 0) is 4.79 Å². The van der Waals surface area contributed by atoms with Gasteiger partial charge in [-0.05, 0) is 43.3 Å². The van der Waals surface area contributed by atoms with Crippen LogP contribution >= 0.6 is 11.8 Å². The molecule has 0 saturated heterocycles. The third-order valence-corrected chi connectivity index (χ3v) is 5.61. The van der Waals surface area contributed by atoms with Gasteiger partial charge in [0.05, 0.1) is 10.2 Å². The fraction of sp³-hybridized carbons (Fsp3) is 0.0909. The van der Waals surface area contributed by atoms with Crippen molar-refractivity contribution in [2.75, 3.05) is 5.32 Å². The van der Waals surface area contributed by atoms with Gasteiger partial charge in [-0.3, -0.25) is 24.5 Å². The summed E-state index contributed by atoms with van der Waals surface area (Å²) >= 11 is 1.26. The first-order valence-corrected chi connectivity index (χ1v) is 10.5. The summed E-state index contributed by atoms with van der Waals surface area (Å²) < 4.78 is 1.89. The second-order valence-electron chi connectivity index (χ2n) is 6.77. The van der Waals surface area contributed by atoms with Gasteiger partial charge >= 0.3 is 0 Å². The molecule has 0 aliphatic carbocycles. The number of nitrogens with one attached hydrogen (secondary N) is 1. The molecule has 0 fully saturated rings. The van der Waals surface area contributed by atoms with E-state index in [2.05, 4.69) is 20.5 Å². The number of non-ortho nitro benzene ring substituents is 1. The number of amides is 1. The van der Waals surface area contributed by atoms with Crippen molar-refractivity contribution in [1.29, 1.82) is 0 Å². The lowest BCUT2D eigenvalue weighted by Gasteiger charge is -2.14. The highest BCUT2D eigenvalue weighted by Crippen LogP contribution is 2.30. The Balaban J connectivity index is 1.57. The van der Waals surface area contributed by atoms with E-state index in [1.165, 1.54) is 36.0 Å². The number of hydrogen-bond acceptors (Lipinski definition) is 7. The number of carbonyl (C=O) groups is 1. The van der Waals surface area contributed by atoms with Crippen molar-refractivity contribution in [3.63, 3.8) is 0 Å². The summed E-state index contributed by atoms with van der Waals surface area (Å²) in [6.07, 6.45) is 3.40. The van der Waals surface area contributed by atoms with Crippen molar-refractivity contribution in [2.45, 2.75) is 17.3 Å². The number of aromatic nitrogens is 4. The molecule has 4 aromatic rings. The molecule has 0 aliphatic rings. The number of rotatable bonds is 7. The second-order valence-corrected chi connectivity index (χ2v) is 8.08. The highest BCUT2D eigenvalue weighted by atomic mass is 32.2. The van der Waals surface area contributed by atoms with Crippen LogP contribution in [0.25, 0.3) is 17.1 Å². The molecule has 0 spiro atoms. The first-order valence-electron chi connectivity index (χ1n) is 9.66. The van der Waals surface area contributed by atoms with Crippen LogP contribution in [0.2, 0.25) is 0 Å². The number of thioether (sulfide) groups is 1. The Hall–Kier alpha value is -4.05. The third kappa shape index (κ3) is 4.65. The fourth-order valence-electron chi connectivity index (χ4n) is 2.96. The molecule has 1 amide bonds. The molecule has 32 heavy (non-hydrogen) atoms. The molecule has 2 heterocycles. The lowest BCUT2D eigenvalue weighted by atomic mass is 10.2. The molecule has 9 nitrogen and oxygen atoms in total. The molecule has 160 valence electrons. The van der Waals surface area contributed by atoms with E-state index in [0.717, 1.165) is 11.3 Å². The van der Waals surface area contributed by atoms with Gasteiger partial charge in [0.2, 0.25) is 5.91 Å². The summed E-state index contributed by atoms with van der Waals surface area (Å²) in [5.41, 5.74) is 2.11. The highest BCUT2D eigenvalue weighted by molar-refractivity contribution is 8.00. The zero-order valence-corrected chi connectivity index (χ0v) is 17.8. The van der Waals surface area contributed by atoms with E-state index in [1.807, 2.05) is 47.0 Å². The molecule has 2 aromatic heterocycles. The minimum absolute atomic E-state index is 0.0377. The quantitative estimate of drug-likeness (QED) is 0.255. The summed E-state index contributed by atoms with van der Waals surface area (Å²) in [5, 5.41) is 22.3. The number of nitro groups is 1. The first-order chi connectivity index (χ1) is 15.5. The van der Waals surface area contributed by atoms with Crippen molar-refractivity contribution < 1.29 is 9.72 Å². The largest absolute Gasteiger partial charge is 0.325 e. The smallest absolute Gasteiger partial charge is 0.269 e. The first kappa shape index (κ1) is 21.2. The van der Waals surface area contributed by atoms with Crippen LogP contribution in [0.5, 0.6) is 0 Å². The van der Waals surface area contributed by atoms with Gasteiger partial charge < -0.3 is 5.32 Å². The van der Waals surface area contributed by atoms with Gasteiger partial charge in [0.25, 0.3) is 5.69 Å². The molecule has 0 radical (unpaired) electrons. The molecule has 4 rings (SSSR count). The summed E-state index contributed by atoms with van der Waals surface area (Å²) in [7, 11) is 0. The maximum Gasteiger partial charge on any atom is 0.269 e. The third-order valence-electron chi connectivity index (χ3n) is 4.56. The number of pyridine rings is 1. The van der Waals surface area contributed by atoms with Gasteiger partial charge in [-0.25, -0.2) is 0 Å². The van der Waals surface area contributed by atoms with E-state index in [9.17, 15) is 14.9 Å². The van der Waals surface area contributed by atoms with Crippen molar-refractivity contribution in [1.82, 2.24) is 19.7 Å². The lowest BCUT2D eigenvalue weighted by molar-refractivity contribution is -0.384. The maximum atomic E-state index is 12.7. The molecular formula is C22H18N6O3S. The lowest BCUT2D eigenvalue weighted by Crippen LogP contribution is -2.22. The van der Waals surface area contributed by atoms with Gasteiger partial charge in [-0.2, -0.15) is 0 Å². The van der Waals surface area contributed by atoms with Crippen LogP contribution in [0, 0.1) is 10.1 Å². The Kier molecular flexibility index (Phi) is 6.22. The minimum Gasteiger partial charge on any atom is -0.325 e. The number of nitro benzene ring substituents is 1. The molecule has 2 aromatic carbocycles. The number of hydrogen-bond donors (Lipinski definition) is 1. The van der Waals surface area contributed by atoms with E-state index >= 15 is 0 Å². The van der Waals surface area contributed by atoms with Crippen LogP contribution < -0.4 is 5.32 Å². The summed E-state index contributed by atoms with van der Waals surface area (Å²) in [4.78, 5) is 27.2. The zero-order chi connectivity index (χ0) is 22.5. The van der Waals surface area contributed by atoms with Gasteiger partial charge in [0.1, 0.15) is 0 Å². The predicted octanol–water partition coefficient (Wildman–Crippen LogP) is 4.36. The fourth-order valence-corrected chi connectivity index (χ4v) is 3.83. The Morgan fingerprint density at radius 2 is 1.81 bits per heavy atom. The SMILES string of the molecule is C[C@H](Sc1nnc(-c2cccnc2)n1-c1ccccc1)C(=O)Nc1ccc([N+](=O)[O-])cc1. The zero-order valence-electron chi connectivity index (χ0n) is 17.0. The van der Waals surface area contributed by atoms with E-state index in [4.69, 9.17) is 0 Å². The number of para-hydroxylation sites is 1.